The topological polar surface area (TPSA) is 82.1 Å². The number of hydrogen-bond donors (Lipinski definition) is 0. The number of aryl methyl sites for hydroxylation is 2. The molecule has 0 saturated carbocycles. The minimum absolute atomic E-state index is 0.123. The molecule has 0 N–H and O–H groups in total. The molecule has 1 saturated heterocycles. The maximum Gasteiger partial charge on any atom is 0.343 e. The fraction of sp³-hybridized carbons (Fsp3) is 0.207. The van der Waals surface area contributed by atoms with Gasteiger partial charge >= 0.3 is 5.97 Å². The van der Waals surface area contributed by atoms with Gasteiger partial charge in [0.15, 0.2) is 11.5 Å². The van der Waals surface area contributed by atoms with Crippen molar-refractivity contribution in [2.45, 2.75) is 20.8 Å². The monoisotopic (exact) mass is 535 g/mol. The van der Waals surface area contributed by atoms with Crippen LogP contribution in [0.5, 0.6) is 17.2 Å². The summed E-state index contributed by atoms with van der Waals surface area (Å²) in [6.07, 6.45) is 1.59. The van der Waals surface area contributed by atoms with Crippen LogP contribution >= 0.6 is 11.8 Å². The summed E-state index contributed by atoms with van der Waals surface area (Å²) in [6.45, 7) is 6.29. The second-order valence-electron chi connectivity index (χ2n) is 8.49. The molecule has 0 aromatic heterocycles. The SMILES string of the molecule is CCOc1cc(/C=C2\SC(=O)N(CCOc3cc(C)ccc3C)C2=O)ccc1OC(=O)c1ccc(F)cc1. The molecule has 0 spiro atoms. The van der Waals surface area contributed by atoms with E-state index in [2.05, 4.69) is 0 Å². The summed E-state index contributed by atoms with van der Waals surface area (Å²) < 4.78 is 30.0. The summed E-state index contributed by atoms with van der Waals surface area (Å²) in [7, 11) is 0. The molecule has 2 amide bonds. The molecule has 3 aromatic rings. The smallest absolute Gasteiger partial charge is 0.343 e. The summed E-state index contributed by atoms with van der Waals surface area (Å²) in [6, 6.07) is 15.7. The average molecular weight is 536 g/mol. The van der Waals surface area contributed by atoms with Crippen molar-refractivity contribution < 1.29 is 33.0 Å². The summed E-state index contributed by atoms with van der Waals surface area (Å²) in [4.78, 5) is 39.3. The molecule has 38 heavy (non-hydrogen) atoms. The first-order valence-corrected chi connectivity index (χ1v) is 12.8. The third kappa shape index (κ3) is 6.41. The number of carbonyl (C=O) groups is 3. The van der Waals surface area contributed by atoms with Crippen molar-refractivity contribution in [3.05, 3.63) is 93.6 Å². The van der Waals surface area contributed by atoms with Crippen molar-refractivity contribution in [2.24, 2.45) is 0 Å². The lowest BCUT2D eigenvalue weighted by Crippen LogP contribution is -2.32. The van der Waals surface area contributed by atoms with Gasteiger partial charge in [0.2, 0.25) is 0 Å². The fourth-order valence-corrected chi connectivity index (χ4v) is 4.53. The number of hydrogen-bond acceptors (Lipinski definition) is 7. The second kappa shape index (κ2) is 12.0. The Kier molecular flexibility index (Phi) is 8.48. The van der Waals surface area contributed by atoms with Crippen molar-refractivity contribution in [3.63, 3.8) is 0 Å². The molecular weight excluding hydrogens is 509 g/mol. The van der Waals surface area contributed by atoms with Crippen LogP contribution in [0.15, 0.2) is 65.6 Å². The normalized spacial score (nSPS) is 14.2. The number of halogens is 1. The Morgan fingerprint density at radius 3 is 2.45 bits per heavy atom. The highest BCUT2D eigenvalue weighted by Gasteiger charge is 2.35. The zero-order valence-corrected chi connectivity index (χ0v) is 22.0. The molecule has 4 rings (SSSR count). The van der Waals surface area contributed by atoms with E-state index in [1.165, 1.54) is 24.3 Å². The molecule has 3 aromatic carbocycles. The van der Waals surface area contributed by atoms with Crippen molar-refractivity contribution in [2.75, 3.05) is 19.8 Å². The largest absolute Gasteiger partial charge is 0.491 e. The van der Waals surface area contributed by atoms with E-state index < -0.39 is 17.7 Å². The third-order valence-corrected chi connectivity index (χ3v) is 6.55. The number of thioether (sulfide) groups is 1. The van der Waals surface area contributed by atoms with E-state index in [0.29, 0.717) is 12.2 Å². The number of carbonyl (C=O) groups excluding carboxylic acids is 3. The van der Waals surface area contributed by atoms with E-state index in [4.69, 9.17) is 14.2 Å². The lowest BCUT2D eigenvalue weighted by molar-refractivity contribution is -0.123. The molecule has 196 valence electrons. The number of esters is 1. The third-order valence-electron chi connectivity index (χ3n) is 5.64. The molecule has 1 heterocycles. The first kappa shape index (κ1) is 26.9. The summed E-state index contributed by atoms with van der Waals surface area (Å²) in [5.74, 6) is -0.347. The van der Waals surface area contributed by atoms with E-state index in [1.807, 2.05) is 32.0 Å². The highest BCUT2D eigenvalue weighted by atomic mass is 32.2. The van der Waals surface area contributed by atoms with Crippen LogP contribution in [-0.2, 0) is 4.79 Å². The molecule has 0 aliphatic carbocycles. The van der Waals surface area contributed by atoms with Gasteiger partial charge in [-0.1, -0.05) is 18.2 Å². The minimum atomic E-state index is -0.664. The predicted octanol–water partition coefficient (Wildman–Crippen LogP) is 6.18. The first-order valence-electron chi connectivity index (χ1n) is 11.9. The van der Waals surface area contributed by atoms with Gasteiger partial charge in [0.25, 0.3) is 11.1 Å². The van der Waals surface area contributed by atoms with Crippen LogP contribution in [0.1, 0.15) is 34.0 Å². The Hall–Kier alpha value is -4.11. The molecule has 0 unspecified atom stereocenters. The number of rotatable bonds is 9. The van der Waals surface area contributed by atoms with E-state index in [9.17, 15) is 18.8 Å². The Morgan fingerprint density at radius 1 is 0.947 bits per heavy atom. The van der Waals surface area contributed by atoms with E-state index >= 15 is 0 Å². The molecule has 0 atom stereocenters. The quantitative estimate of drug-likeness (QED) is 0.184. The zero-order chi connectivity index (χ0) is 27.2. The van der Waals surface area contributed by atoms with Crippen LogP contribution in [-0.4, -0.2) is 41.8 Å². The number of amides is 2. The van der Waals surface area contributed by atoms with Crippen molar-refractivity contribution in [1.29, 1.82) is 0 Å². The van der Waals surface area contributed by atoms with Crippen molar-refractivity contribution in [3.8, 4) is 17.2 Å². The highest BCUT2D eigenvalue weighted by molar-refractivity contribution is 8.18. The molecular formula is C29H26FNO6S. The van der Waals surface area contributed by atoms with Gasteiger partial charge in [-0.3, -0.25) is 14.5 Å². The molecule has 0 radical (unpaired) electrons. The van der Waals surface area contributed by atoms with Crippen LogP contribution in [0, 0.1) is 19.7 Å². The number of nitrogens with zero attached hydrogens (tertiary/aromatic N) is 1. The average Bonchev–Trinajstić information content (AvgIpc) is 3.15. The lowest BCUT2D eigenvalue weighted by Gasteiger charge is -2.14. The van der Waals surface area contributed by atoms with E-state index in [1.54, 1.807) is 31.2 Å². The Morgan fingerprint density at radius 2 is 1.71 bits per heavy atom. The number of ether oxygens (including phenoxy) is 3. The molecule has 1 aliphatic rings. The lowest BCUT2D eigenvalue weighted by atomic mass is 10.1. The van der Waals surface area contributed by atoms with Crippen LogP contribution in [0.2, 0.25) is 0 Å². The Bertz CT molecular complexity index is 1400. The molecule has 0 bridgehead atoms. The Balaban J connectivity index is 1.45. The summed E-state index contributed by atoms with van der Waals surface area (Å²) in [5.41, 5.74) is 2.81. The van der Waals surface area contributed by atoms with Crippen LogP contribution in [0.3, 0.4) is 0 Å². The standard InChI is InChI=1S/C29H26FNO6S/c1-4-35-25-16-20(7-12-23(25)37-28(33)21-8-10-22(30)11-9-21)17-26-27(32)31(29(34)38-26)13-14-36-24-15-18(2)5-6-19(24)3/h5-12,15-17H,4,13-14H2,1-3H3/b26-17-. The van der Waals surface area contributed by atoms with Gasteiger partial charge in [-0.2, -0.15) is 0 Å². The van der Waals surface area contributed by atoms with Crippen molar-refractivity contribution >= 4 is 35.0 Å². The van der Waals surface area contributed by atoms with Gasteiger partial charge in [0.1, 0.15) is 18.2 Å². The fourth-order valence-electron chi connectivity index (χ4n) is 3.67. The second-order valence-corrected chi connectivity index (χ2v) is 9.48. The highest BCUT2D eigenvalue weighted by Crippen LogP contribution is 2.35. The number of benzene rings is 3. The van der Waals surface area contributed by atoms with Gasteiger partial charge in [-0.15, -0.1) is 0 Å². The molecule has 1 fully saturated rings. The molecule has 7 nitrogen and oxygen atoms in total. The molecule has 9 heteroatoms. The first-order chi connectivity index (χ1) is 18.2. The minimum Gasteiger partial charge on any atom is -0.491 e. The zero-order valence-electron chi connectivity index (χ0n) is 21.2. The van der Waals surface area contributed by atoms with Gasteiger partial charge < -0.3 is 14.2 Å². The Labute approximate surface area is 224 Å². The van der Waals surface area contributed by atoms with Gasteiger partial charge in [-0.05, 0) is 97.8 Å². The summed E-state index contributed by atoms with van der Waals surface area (Å²) >= 11 is 0.847. The maximum absolute atomic E-state index is 13.2. The number of imide groups is 1. The van der Waals surface area contributed by atoms with E-state index in [-0.39, 0.29) is 40.4 Å². The van der Waals surface area contributed by atoms with Crippen LogP contribution < -0.4 is 14.2 Å². The van der Waals surface area contributed by atoms with Gasteiger partial charge in [0.05, 0.1) is 23.6 Å². The van der Waals surface area contributed by atoms with Crippen molar-refractivity contribution in [1.82, 2.24) is 4.90 Å². The van der Waals surface area contributed by atoms with Gasteiger partial charge in [0, 0.05) is 0 Å². The van der Waals surface area contributed by atoms with Gasteiger partial charge in [-0.25, -0.2) is 9.18 Å². The molecule has 1 aliphatic heterocycles. The van der Waals surface area contributed by atoms with Crippen LogP contribution in [0.4, 0.5) is 9.18 Å². The maximum atomic E-state index is 13.2. The van der Waals surface area contributed by atoms with Crippen LogP contribution in [0.25, 0.3) is 6.08 Å². The predicted molar refractivity (Wildman–Crippen MR) is 143 cm³/mol. The van der Waals surface area contributed by atoms with E-state index in [0.717, 1.165) is 33.5 Å². The summed E-state index contributed by atoms with van der Waals surface area (Å²) in [5, 5.41) is -0.374.